The van der Waals surface area contributed by atoms with Gasteiger partial charge < -0.3 is 14.4 Å². The zero-order valence-corrected chi connectivity index (χ0v) is 12.1. The highest BCUT2D eigenvalue weighted by Gasteiger charge is 2.39. The van der Waals surface area contributed by atoms with Crippen molar-refractivity contribution < 1.29 is 14.3 Å². The van der Waals surface area contributed by atoms with Gasteiger partial charge in [-0.15, -0.1) is 0 Å². The average molecular weight is 255 g/mol. The molecule has 4 heteroatoms. The summed E-state index contributed by atoms with van der Waals surface area (Å²) in [7, 11) is 0. The molecule has 1 fully saturated rings. The third kappa shape index (κ3) is 4.31. The van der Waals surface area contributed by atoms with Gasteiger partial charge in [-0.2, -0.15) is 0 Å². The fourth-order valence-corrected chi connectivity index (χ4v) is 2.16. The molecule has 0 aliphatic heterocycles. The molecule has 0 bridgehead atoms. The summed E-state index contributed by atoms with van der Waals surface area (Å²) in [5.41, 5.74) is -0.500. The Morgan fingerprint density at radius 2 is 1.94 bits per heavy atom. The maximum absolute atomic E-state index is 12.2. The first-order valence-corrected chi connectivity index (χ1v) is 6.71. The number of aldehydes is 1. The van der Waals surface area contributed by atoms with Gasteiger partial charge in [-0.05, 0) is 53.4 Å². The van der Waals surface area contributed by atoms with E-state index in [0.29, 0.717) is 12.3 Å². The standard InChI is InChI=1S/C14H25NO3/c1-10(2)15(13(17)18-14(3,4)5)12(8-9-16)11-6-7-11/h9-12H,6-8H2,1-5H3. The molecule has 1 rings (SSSR count). The lowest BCUT2D eigenvalue weighted by Crippen LogP contribution is -2.48. The topological polar surface area (TPSA) is 46.6 Å². The van der Waals surface area contributed by atoms with E-state index >= 15 is 0 Å². The molecule has 1 aliphatic carbocycles. The number of nitrogens with zero attached hydrogens (tertiary/aromatic N) is 1. The lowest BCUT2D eigenvalue weighted by Gasteiger charge is -2.35. The van der Waals surface area contributed by atoms with Gasteiger partial charge in [0.05, 0.1) is 0 Å². The molecule has 0 aromatic rings. The Bertz CT molecular complexity index is 303. The number of carbonyl (C=O) groups is 2. The van der Waals surface area contributed by atoms with E-state index < -0.39 is 5.60 Å². The van der Waals surface area contributed by atoms with Crippen molar-refractivity contribution in [2.24, 2.45) is 5.92 Å². The van der Waals surface area contributed by atoms with Gasteiger partial charge in [-0.3, -0.25) is 0 Å². The zero-order valence-electron chi connectivity index (χ0n) is 12.1. The van der Waals surface area contributed by atoms with Crippen LogP contribution >= 0.6 is 0 Å². The second-order valence-corrected chi connectivity index (χ2v) is 6.29. The molecular formula is C14H25NO3. The molecule has 0 aromatic heterocycles. The van der Waals surface area contributed by atoms with Gasteiger partial charge >= 0.3 is 6.09 Å². The molecule has 1 atom stereocenters. The van der Waals surface area contributed by atoms with E-state index in [4.69, 9.17) is 4.74 Å². The highest BCUT2D eigenvalue weighted by molar-refractivity contribution is 5.69. The quantitative estimate of drug-likeness (QED) is 0.709. The Morgan fingerprint density at radius 3 is 2.28 bits per heavy atom. The summed E-state index contributed by atoms with van der Waals surface area (Å²) in [6, 6.07) is 0.0442. The van der Waals surface area contributed by atoms with E-state index in [2.05, 4.69) is 0 Å². The summed E-state index contributed by atoms with van der Waals surface area (Å²) in [5, 5.41) is 0. The van der Waals surface area contributed by atoms with Crippen molar-refractivity contribution in [1.29, 1.82) is 0 Å². The van der Waals surface area contributed by atoms with Crippen LogP contribution < -0.4 is 0 Å². The SMILES string of the molecule is CC(C)N(C(=O)OC(C)(C)C)C(CC=O)C1CC1. The third-order valence-corrected chi connectivity index (χ3v) is 3.02. The first kappa shape index (κ1) is 15.0. The Balaban J connectivity index is 2.79. The molecular weight excluding hydrogens is 230 g/mol. The van der Waals surface area contributed by atoms with Gasteiger partial charge in [0, 0.05) is 18.5 Å². The Hall–Kier alpha value is -1.06. The molecule has 0 saturated heterocycles. The number of carbonyl (C=O) groups excluding carboxylic acids is 2. The highest BCUT2D eigenvalue weighted by atomic mass is 16.6. The lowest BCUT2D eigenvalue weighted by atomic mass is 10.1. The predicted molar refractivity (Wildman–Crippen MR) is 70.4 cm³/mol. The van der Waals surface area contributed by atoms with E-state index in [-0.39, 0.29) is 18.2 Å². The van der Waals surface area contributed by atoms with Crippen LogP contribution in [0.5, 0.6) is 0 Å². The average Bonchev–Trinajstić information content (AvgIpc) is 2.96. The van der Waals surface area contributed by atoms with Gasteiger partial charge in [-0.25, -0.2) is 4.79 Å². The van der Waals surface area contributed by atoms with Crippen LogP contribution in [0.2, 0.25) is 0 Å². The molecule has 1 saturated carbocycles. The normalized spacial score (nSPS) is 17.4. The van der Waals surface area contributed by atoms with Crippen LogP contribution in [0.3, 0.4) is 0 Å². The molecule has 4 nitrogen and oxygen atoms in total. The van der Waals surface area contributed by atoms with E-state index in [1.54, 1.807) is 4.90 Å². The van der Waals surface area contributed by atoms with Gasteiger partial charge in [0.25, 0.3) is 0 Å². The first-order valence-electron chi connectivity index (χ1n) is 6.71. The number of ether oxygens (including phenoxy) is 1. The van der Waals surface area contributed by atoms with Crippen LogP contribution in [-0.2, 0) is 9.53 Å². The fourth-order valence-electron chi connectivity index (χ4n) is 2.16. The molecule has 0 N–H and O–H groups in total. The largest absolute Gasteiger partial charge is 0.444 e. The minimum atomic E-state index is -0.500. The second kappa shape index (κ2) is 5.72. The number of hydrogen-bond acceptors (Lipinski definition) is 3. The number of rotatable bonds is 5. The van der Waals surface area contributed by atoms with Crippen molar-refractivity contribution >= 4 is 12.4 Å². The van der Waals surface area contributed by atoms with Crippen molar-refractivity contribution in [1.82, 2.24) is 4.90 Å². The van der Waals surface area contributed by atoms with Gasteiger partial charge in [0.15, 0.2) is 0 Å². The minimum absolute atomic E-state index is 0.00245. The Kier molecular flexibility index (Phi) is 4.77. The molecule has 18 heavy (non-hydrogen) atoms. The van der Waals surface area contributed by atoms with Crippen molar-refractivity contribution in [2.45, 2.75) is 71.6 Å². The Labute approximate surface area is 110 Å². The summed E-state index contributed by atoms with van der Waals surface area (Å²) in [6.45, 7) is 9.49. The van der Waals surface area contributed by atoms with Crippen LogP contribution in [-0.4, -0.2) is 35.0 Å². The first-order chi connectivity index (χ1) is 8.26. The summed E-state index contributed by atoms with van der Waals surface area (Å²) in [6.07, 6.45) is 3.20. The third-order valence-electron chi connectivity index (χ3n) is 3.02. The van der Waals surface area contributed by atoms with E-state index in [1.807, 2.05) is 34.6 Å². The smallest absolute Gasteiger partial charge is 0.410 e. The molecule has 0 spiro atoms. The maximum Gasteiger partial charge on any atom is 0.410 e. The van der Waals surface area contributed by atoms with Crippen LogP contribution in [0.25, 0.3) is 0 Å². The minimum Gasteiger partial charge on any atom is -0.444 e. The second-order valence-electron chi connectivity index (χ2n) is 6.29. The summed E-state index contributed by atoms with van der Waals surface area (Å²) < 4.78 is 5.44. The van der Waals surface area contributed by atoms with E-state index in [9.17, 15) is 9.59 Å². The fraction of sp³-hybridized carbons (Fsp3) is 0.857. The van der Waals surface area contributed by atoms with Gasteiger partial charge in [0.2, 0.25) is 0 Å². The van der Waals surface area contributed by atoms with E-state index in [1.165, 1.54) is 0 Å². The summed E-state index contributed by atoms with van der Waals surface area (Å²) in [5.74, 6) is 0.463. The van der Waals surface area contributed by atoms with Crippen LogP contribution in [0.15, 0.2) is 0 Å². The Morgan fingerprint density at radius 1 is 1.39 bits per heavy atom. The number of hydrogen-bond donors (Lipinski definition) is 0. The van der Waals surface area contributed by atoms with Crippen molar-refractivity contribution in [3.63, 3.8) is 0 Å². The van der Waals surface area contributed by atoms with Crippen LogP contribution in [0.4, 0.5) is 4.79 Å². The molecule has 0 aromatic carbocycles. The molecule has 1 unspecified atom stereocenters. The van der Waals surface area contributed by atoms with Crippen molar-refractivity contribution in [3.8, 4) is 0 Å². The monoisotopic (exact) mass is 255 g/mol. The number of amides is 1. The molecule has 0 heterocycles. The van der Waals surface area contributed by atoms with Crippen molar-refractivity contribution in [2.75, 3.05) is 0 Å². The van der Waals surface area contributed by atoms with Gasteiger partial charge in [-0.1, -0.05) is 0 Å². The van der Waals surface area contributed by atoms with Crippen LogP contribution in [0.1, 0.15) is 53.9 Å². The maximum atomic E-state index is 12.2. The highest BCUT2D eigenvalue weighted by Crippen LogP contribution is 2.37. The summed E-state index contributed by atoms with van der Waals surface area (Å²) >= 11 is 0. The molecule has 104 valence electrons. The summed E-state index contributed by atoms with van der Waals surface area (Å²) in [4.78, 5) is 24.8. The zero-order chi connectivity index (χ0) is 13.9. The van der Waals surface area contributed by atoms with Crippen LogP contribution in [0, 0.1) is 5.92 Å². The predicted octanol–water partition coefficient (Wildman–Crippen LogP) is 3.00. The van der Waals surface area contributed by atoms with Crippen molar-refractivity contribution in [3.05, 3.63) is 0 Å². The molecule has 0 radical (unpaired) electrons. The van der Waals surface area contributed by atoms with E-state index in [0.717, 1.165) is 19.1 Å². The molecule has 1 aliphatic rings. The molecule has 1 amide bonds. The lowest BCUT2D eigenvalue weighted by molar-refractivity contribution is -0.109. The van der Waals surface area contributed by atoms with Gasteiger partial charge in [0.1, 0.15) is 11.9 Å².